The second kappa shape index (κ2) is 6.06. The molecule has 0 unspecified atom stereocenters. The molecule has 2 heterocycles. The number of likely N-dealkylation sites (tertiary alicyclic amines) is 1. The van der Waals surface area contributed by atoms with Gasteiger partial charge in [0.15, 0.2) is 0 Å². The van der Waals surface area contributed by atoms with Gasteiger partial charge in [0.2, 0.25) is 0 Å². The lowest BCUT2D eigenvalue weighted by molar-refractivity contribution is 0.249. The predicted octanol–water partition coefficient (Wildman–Crippen LogP) is 1.19. The number of hydrogen-bond acceptors (Lipinski definition) is 3. The van der Waals surface area contributed by atoms with Gasteiger partial charge in [-0.3, -0.25) is 10.00 Å². The fourth-order valence-electron chi connectivity index (χ4n) is 2.49. The molecule has 6 heteroatoms. The summed E-state index contributed by atoms with van der Waals surface area (Å²) in [6.45, 7) is 8.14. The van der Waals surface area contributed by atoms with Gasteiger partial charge in [-0.2, -0.15) is 5.10 Å². The molecule has 1 saturated heterocycles. The van der Waals surface area contributed by atoms with Crippen LogP contribution in [0.4, 0.5) is 10.6 Å². The zero-order valence-corrected chi connectivity index (χ0v) is 11.9. The molecule has 2 amide bonds. The highest BCUT2D eigenvalue weighted by Gasteiger charge is 2.21. The molecule has 1 aromatic rings. The number of rotatable bonds is 4. The summed E-state index contributed by atoms with van der Waals surface area (Å²) in [6.07, 6.45) is 1.17. The van der Waals surface area contributed by atoms with E-state index in [4.69, 9.17) is 0 Å². The minimum Gasteiger partial charge on any atom is -0.338 e. The molecule has 0 saturated carbocycles. The van der Waals surface area contributed by atoms with Crippen LogP contribution in [0.5, 0.6) is 0 Å². The van der Waals surface area contributed by atoms with Crippen molar-refractivity contribution in [3.05, 3.63) is 11.8 Å². The van der Waals surface area contributed by atoms with E-state index in [1.54, 1.807) is 4.68 Å². The molecule has 0 aliphatic carbocycles. The van der Waals surface area contributed by atoms with E-state index in [1.807, 2.05) is 20.0 Å². The Bertz CT molecular complexity index is 442. The molecule has 2 N–H and O–H groups in total. The highest BCUT2D eigenvalue weighted by Crippen LogP contribution is 2.14. The molecule has 1 aliphatic rings. The van der Waals surface area contributed by atoms with Crippen LogP contribution >= 0.6 is 0 Å². The first-order chi connectivity index (χ1) is 9.08. The first-order valence-electron chi connectivity index (χ1n) is 6.86. The third-order valence-corrected chi connectivity index (χ3v) is 3.61. The quantitative estimate of drug-likeness (QED) is 0.859. The van der Waals surface area contributed by atoms with Crippen molar-refractivity contribution in [1.29, 1.82) is 0 Å². The van der Waals surface area contributed by atoms with Gasteiger partial charge in [-0.25, -0.2) is 4.79 Å². The molecule has 6 nitrogen and oxygen atoms in total. The summed E-state index contributed by atoms with van der Waals surface area (Å²) in [4.78, 5) is 14.2. The monoisotopic (exact) mass is 265 g/mol. The second-order valence-corrected chi connectivity index (χ2v) is 5.18. The van der Waals surface area contributed by atoms with Gasteiger partial charge in [-0.05, 0) is 32.4 Å². The summed E-state index contributed by atoms with van der Waals surface area (Å²) in [5.41, 5.74) is 0.896. The number of carbonyl (C=O) groups is 1. The highest BCUT2D eigenvalue weighted by atomic mass is 16.2. The van der Waals surface area contributed by atoms with Gasteiger partial charge >= 0.3 is 6.03 Å². The minimum absolute atomic E-state index is 0.155. The van der Waals surface area contributed by atoms with E-state index in [0.29, 0.717) is 5.92 Å². The molecule has 1 aromatic heterocycles. The van der Waals surface area contributed by atoms with Crippen LogP contribution in [-0.4, -0.2) is 46.9 Å². The maximum absolute atomic E-state index is 11.8. The fourth-order valence-corrected chi connectivity index (χ4v) is 2.49. The lowest BCUT2D eigenvalue weighted by Gasteiger charge is -2.14. The topological polar surface area (TPSA) is 62.2 Å². The van der Waals surface area contributed by atoms with Gasteiger partial charge in [0.1, 0.15) is 5.82 Å². The van der Waals surface area contributed by atoms with E-state index in [1.165, 1.54) is 6.42 Å². The molecule has 19 heavy (non-hydrogen) atoms. The molecular formula is C13H23N5O. The number of carbonyl (C=O) groups excluding carboxylic acids is 1. The van der Waals surface area contributed by atoms with E-state index in [-0.39, 0.29) is 6.03 Å². The average molecular weight is 265 g/mol. The molecular weight excluding hydrogens is 242 g/mol. The third kappa shape index (κ3) is 3.70. The zero-order valence-electron chi connectivity index (χ0n) is 11.9. The maximum atomic E-state index is 11.8. The Morgan fingerprint density at radius 1 is 1.58 bits per heavy atom. The highest BCUT2D eigenvalue weighted by molar-refractivity contribution is 5.88. The Morgan fingerprint density at radius 3 is 2.95 bits per heavy atom. The standard InChI is InChI=1S/C13H23N5O/c1-4-18-6-5-11(9-18)8-14-13(19)15-12-7-10(2)16-17(12)3/h7,11H,4-6,8-9H2,1-3H3,(H2,14,15,19)/t11-/m0/s1. The number of hydrogen-bond donors (Lipinski definition) is 2. The molecule has 0 radical (unpaired) electrons. The van der Waals surface area contributed by atoms with Gasteiger partial charge in [0.25, 0.3) is 0 Å². The molecule has 1 fully saturated rings. The Morgan fingerprint density at radius 2 is 2.37 bits per heavy atom. The van der Waals surface area contributed by atoms with Crippen LogP contribution in [0.2, 0.25) is 0 Å². The van der Waals surface area contributed by atoms with Crippen molar-refractivity contribution in [3.8, 4) is 0 Å². The van der Waals surface area contributed by atoms with Gasteiger partial charge in [0.05, 0.1) is 5.69 Å². The molecule has 0 spiro atoms. The van der Waals surface area contributed by atoms with Gasteiger partial charge in [0, 0.05) is 26.2 Å². The van der Waals surface area contributed by atoms with Crippen LogP contribution < -0.4 is 10.6 Å². The van der Waals surface area contributed by atoms with E-state index in [0.717, 1.165) is 37.7 Å². The van der Waals surface area contributed by atoms with Gasteiger partial charge in [-0.1, -0.05) is 6.92 Å². The molecule has 2 rings (SSSR count). The lowest BCUT2D eigenvalue weighted by Crippen LogP contribution is -2.34. The van der Waals surface area contributed by atoms with Crippen LogP contribution in [0.1, 0.15) is 19.0 Å². The fraction of sp³-hybridized carbons (Fsp3) is 0.692. The van der Waals surface area contributed by atoms with Crippen molar-refractivity contribution in [2.45, 2.75) is 20.3 Å². The lowest BCUT2D eigenvalue weighted by atomic mass is 10.1. The summed E-state index contributed by atoms with van der Waals surface area (Å²) < 4.78 is 1.67. The summed E-state index contributed by atoms with van der Waals surface area (Å²) >= 11 is 0. The predicted molar refractivity (Wildman–Crippen MR) is 75.2 cm³/mol. The minimum atomic E-state index is -0.155. The number of nitrogens with zero attached hydrogens (tertiary/aromatic N) is 3. The molecule has 0 bridgehead atoms. The molecule has 106 valence electrons. The summed E-state index contributed by atoms with van der Waals surface area (Å²) in [5.74, 6) is 1.29. The van der Waals surface area contributed by atoms with Crippen LogP contribution in [0.15, 0.2) is 6.07 Å². The summed E-state index contributed by atoms with van der Waals surface area (Å²) in [6, 6.07) is 1.70. The number of aromatic nitrogens is 2. The Labute approximate surface area is 114 Å². The van der Waals surface area contributed by atoms with Crippen molar-refractivity contribution in [1.82, 2.24) is 20.0 Å². The first-order valence-corrected chi connectivity index (χ1v) is 6.86. The maximum Gasteiger partial charge on any atom is 0.320 e. The zero-order chi connectivity index (χ0) is 13.8. The van der Waals surface area contributed by atoms with Crippen molar-refractivity contribution in [3.63, 3.8) is 0 Å². The van der Waals surface area contributed by atoms with Crippen molar-refractivity contribution < 1.29 is 4.79 Å². The number of amides is 2. The first kappa shape index (κ1) is 13.9. The van der Waals surface area contributed by atoms with E-state index in [9.17, 15) is 4.79 Å². The Balaban J connectivity index is 1.75. The van der Waals surface area contributed by atoms with Crippen LogP contribution in [0.3, 0.4) is 0 Å². The van der Waals surface area contributed by atoms with Crippen LogP contribution in [-0.2, 0) is 7.05 Å². The van der Waals surface area contributed by atoms with Crippen molar-refractivity contribution in [2.75, 3.05) is 31.5 Å². The van der Waals surface area contributed by atoms with Crippen LogP contribution in [0, 0.1) is 12.8 Å². The third-order valence-electron chi connectivity index (χ3n) is 3.61. The number of aryl methyl sites for hydroxylation is 2. The molecule has 1 atom stereocenters. The Hall–Kier alpha value is -1.56. The SMILES string of the molecule is CCN1CC[C@@H](CNC(=O)Nc2cc(C)nn2C)C1. The number of anilines is 1. The molecule has 0 aromatic carbocycles. The number of urea groups is 1. The average Bonchev–Trinajstić information content (AvgIpc) is 2.94. The Kier molecular flexibility index (Phi) is 4.42. The smallest absolute Gasteiger partial charge is 0.320 e. The van der Waals surface area contributed by atoms with E-state index in [2.05, 4.69) is 27.6 Å². The van der Waals surface area contributed by atoms with Crippen LogP contribution in [0.25, 0.3) is 0 Å². The van der Waals surface area contributed by atoms with Crippen molar-refractivity contribution >= 4 is 11.8 Å². The van der Waals surface area contributed by atoms with E-state index >= 15 is 0 Å². The second-order valence-electron chi connectivity index (χ2n) is 5.18. The number of nitrogens with one attached hydrogen (secondary N) is 2. The van der Waals surface area contributed by atoms with Gasteiger partial charge < -0.3 is 10.2 Å². The summed E-state index contributed by atoms with van der Waals surface area (Å²) in [7, 11) is 1.82. The van der Waals surface area contributed by atoms with E-state index < -0.39 is 0 Å². The largest absolute Gasteiger partial charge is 0.338 e. The van der Waals surface area contributed by atoms with Crippen molar-refractivity contribution in [2.24, 2.45) is 13.0 Å². The van der Waals surface area contributed by atoms with Gasteiger partial charge in [-0.15, -0.1) is 0 Å². The molecule has 1 aliphatic heterocycles. The summed E-state index contributed by atoms with van der Waals surface area (Å²) in [5, 5.41) is 9.94. The normalized spacial score (nSPS) is 19.6.